The van der Waals surface area contributed by atoms with Gasteiger partial charge in [0, 0.05) is 17.6 Å². The fourth-order valence-electron chi connectivity index (χ4n) is 4.32. The first kappa shape index (κ1) is 26.9. The number of carbonyl (C=O) groups is 2. The molecule has 0 radical (unpaired) electrons. The van der Waals surface area contributed by atoms with Gasteiger partial charge < -0.3 is 10.2 Å². The Morgan fingerprint density at radius 1 is 1.11 bits per heavy atom. The molecule has 0 saturated heterocycles. The number of rotatable bonds is 10. The molecule has 2 aromatic carbocycles. The maximum Gasteiger partial charge on any atom is 0.244 e. The molecule has 1 unspecified atom stereocenters. The molecule has 2 amide bonds. The van der Waals surface area contributed by atoms with Gasteiger partial charge in [-0.15, -0.1) is 0 Å². The number of nitrogens with one attached hydrogen (secondary N) is 1. The lowest BCUT2D eigenvalue weighted by atomic mass is 10.1. The summed E-state index contributed by atoms with van der Waals surface area (Å²) >= 11 is 5.99. The maximum absolute atomic E-state index is 14.5. The van der Waals surface area contributed by atoms with Crippen molar-refractivity contribution in [2.24, 2.45) is 0 Å². The van der Waals surface area contributed by atoms with Gasteiger partial charge in [0.2, 0.25) is 21.8 Å². The van der Waals surface area contributed by atoms with E-state index in [-0.39, 0.29) is 24.2 Å². The number of hydrogen-bond acceptors (Lipinski definition) is 4. The van der Waals surface area contributed by atoms with Crippen LogP contribution in [0.1, 0.15) is 44.6 Å². The van der Waals surface area contributed by atoms with Crippen molar-refractivity contribution in [3.63, 3.8) is 0 Å². The molecule has 3 rings (SSSR count). The van der Waals surface area contributed by atoms with Gasteiger partial charge in [0.25, 0.3) is 0 Å². The van der Waals surface area contributed by atoms with Gasteiger partial charge in [-0.25, -0.2) is 12.8 Å². The maximum atomic E-state index is 14.5. The summed E-state index contributed by atoms with van der Waals surface area (Å²) in [6, 6.07) is 11.5. The molecule has 0 aromatic heterocycles. The molecule has 1 atom stereocenters. The summed E-state index contributed by atoms with van der Waals surface area (Å²) in [4.78, 5) is 28.2. The van der Waals surface area contributed by atoms with E-state index in [0.29, 0.717) is 11.4 Å². The lowest BCUT2D eigenvalue weighted by molar-refractivity contribution is -0.140. The molecule has 10 heteroatoms. The third-order valence-electron chi connectivity index (χ3n) is 6.15. The summed E-state index contributed by atoms with van der Waals surface area (Å²) in [6.07, 6.45) is 5.12. The first-order valence-electron chi connectivity index (χ1n) is 11.7. The molecule has 1 fully saturated rings. The van der Waals surface area contributed by atoms with Crippen LogP contribution in [-0.2, 0) is 26.2 Å². The first-order valence-corrected chi connectivity index (χ1v) is 13.9. The van der Waals surface area contributed by atoms with Crippen molar-refractivity contribution in [2.75, 3.05) is 17.1 Å². The smallest absolute Gasteiger partial charge is 0.244 e. The van der Waals surface area contributed by atoms with Crippen LogP contribution in [0.25, 0.3) is 0 Å². The van der Waals surface area contributed by atoms with E-state index in [0.717, 1.165) is 47.9 Å². The molecule has 0 aliphatic heterocycles. The molecule has 0 bridgehead atoms. The molecular formula is C25H31ClFN3O4S. The number of sulfonamides is 1. The Balaban J connectivity index is 1.92. The second-order valence-electron chi connectivity index (χ2n) is 8.78. The Morgan fingerprint density at radius 3 is 2.31 bits per heavy atom. The molecule has 35 heavy (non-hydrogen) atoms. The predicted molar refractivity (Wildman–Crippen MR) is 135 cm³/mol. The number of nitrogens with zero attached hydrogens (tertiary/aromatic N) is 2. The number of anilines is 1. The Hall–Kier alpha value is -2.65. The summed E-state index contributed by atoms with van der Waals surface area (Å²) in [5.74, 6) is -1.65. The van der Waals surface area contributed by atoms with E-state index in [2.05, 4.69) is 5.32 Å². The van der Waals surface area contributed by atoms with Gasteiger partial charge in [0.05, 0.1) is 11.9 Å². The zero-order valence-corrected chi connectivity index (χ0v) is 21.5. The molecular weight excluding hydrogens is 493 g/mol. The Bertz CT molecular complexity index is 1140. The Kier molecular flexibility index (Phi) is 9.13. The molecule has 190 valence electrons. The highest BCUT2D eigenvalue weighted by Crippen LogP contribution is 2.23. The zero-order chi connectivity index (χ0) is 25.6. The van der Waals surface area contributed by atoms with E-state index in [1.807, 2.05) is 0 Å². The van der Waals surface area contributed by atoms with Crippen LogP contribution < -0.4 is 9.62 Å². The second-order valence-corrected chi connectivity index (χ2v) is 11.1. The topological polar surface area (TPSA) is 86.8 Å². The summed E-state index contributed by atoms with van der Waals surface area (Å²) in [5.41, 5.74) is 0.505. The second kappa shape index (κ2) is 11.9. The van der Waals surface area contributed by atoms with Crippen molar-refractivity contribution in [3.8, 4) is 0 Å². The van der Waals surface area contributed by atoms with Crippen molar-refractivity contribution in [1.82, 2.24) is 10.2 Å². The summed E-state index contributed by atoms with van der Waals surface area (Å²) in [7, 11) is -3.99. The number of carbonyl (C=O) groups excluding carboxylic acids is 2. The molecule has 1 aliphatic carbocycles. The third kappa shape index (κ3) is 7.18. The average molecular weight is 524 g/mol. The molecule has 0 heterocycles. The van der Waals surface area contributed by atoms with Gasteiger partial charge in [0.1, 0.15) is 18.4 Å². The summed E-state index contributed by atoms with van der Waals surface area (Å²) in [6.45, 7) is 1.23. The van der Waals surface area contributed by atoms with E-state index < -0.39 is 34.3 Å². The minimum absolute atomic E-state index is 0.0648. The van der Waals surface area contributed by atoms with Crippen LogP contribution in [0.15, 0.2) is 48.5 Å². The molecule has 1 N–H and O–H groups in total. The molecule has 7 nitrogen and oxygen atoms in total. The van der Waals surface area contributed by atoms with Gasteiger partial charge >= 0.3 is 0 Å². The number of benzene rings is 2. The standard InChI is InChI=1S/C25H31ClFN3O4S/c1-3-22(25(32)28-20-8-4-5-9-20)29(16-18-12-14-19(26)15-13-18)24(31)17-30(35(2,33)34)23-11-7-6-10-21(23)27/h6-7,10-15,20,22H,3-5,8-9,16-17H2,1-2H3,(H,28,32). The molecule has 1 saturated carbocycles. The normalized spacial score (nSPS) is 15.0. The quantitative estimate of drug-likeness (QED) is 0.507. The van der Waals surface area contributed by atoms with E-state index in [4.69, 9.17) is 11.6 Å². The lowest BCUT2D eigenvalue weighted by Gasteiger charge is -2.33. The van der Waals surface area contributed by atoms with E-state index in [9.17, 15) is 22.4 Å². The highest BCUT2D eigenvalue weighted by atomic mass is 35.5. The number of hydrogen-bond donors (Lipinski definition) is 1. The molecule has 1 aliphatic rings. The van der Waals surface area contributed by atoms with Crippen LogP contribution in [0.3, 0.4) is 0 Å². The molecule has 2 aromatic rings. The van der Waals surface area contributed by atoms with Gasteiger partial charge in [-0.1, -0.05) is 55.6 Å². The Morgan fingerprint density at radius 2 is 1.74 bits per heavy atom. The largest absolute Gasteiger partial charge is 0.352 e. The van der Waals surface area contributed by atoms with Crippen LogP contribution in [-0.4, -0.2) is 50.0 Å². The predicted octanol–water partition coefficient (Wildman–Crippen LogP) is 4.11. The number of amides is 2. The summed E-state index contributed by atoms with van der Waals surface area (Å²) < 4.78 is 40.3. The monoisotopic (exact) mass is 523 g/mol. The zero-order valence-electron chi connectivity index (χ0n) is 19.9. The average Bonchev–Trinajstić information content (AvgIpc) is 3.31. The van der Waals surface area contributed by atoms with Crippen LogP contribution in [0, 0.1) is 5.82 Å². The van der Waals surface area contributed by atoms with Crippen molar-refractivity contribution >= 4 is 39.1 Å². The third-order valence-corrected chi connectivity index (χ3v) is 7.53. The first-order chi connectivity index (χ1) is 16.6. The van der Waals surface area contributed by atoms with Gasteiger partial charge in [0.15, 0.2) is 0 Å². The Labute approximate surface area is 211 Å². The van der Waals surface area contributed by atoms with Crippen molar-refractivity contribution < 1.29 is 22.4 Å². The van der Waals surface area contributed by atoms with Crippen molar-refractivity contribution in [1.29, 1.82) is 0 Å². The number of halogens is 2. The minimum atomic E-state index is -3.99. The highest BCUT2D eigenvalue weighted by Gasteiger charge is 2.33. The lowest BCUT2D eigenvalue weighted by Crippen LogP contribution is -2.53. The van der Waals surface area contributed by atoms with Crippen molar-refractivity contribution in [2.45, 2.75) is 57.7 Å². The van der Waals surface area contributed by atoms with Crippen LogP contribution >= 0.6 is 11.6 Å². The SMILES string of the molecule is CCC(C(=O)NC1CCCC1)N(Cc1ccc(Cl)cc1)C(=O)CN(c1ccccc1F)S(C)(=O)=O. The summed E-state index contributed by atoms with van der Waals surface area (Å²) in [5, 5.41) is 3.57. The van der Waals surface area contributed by atoms with E-state index >= 15 is 0 Å². The fraction of sp³-hybridized carbons (Fsp3) is 0.440. The van der Waals surface area contributed by atoms with Crippen LogP contribution in [0.2, 0.25) is 5.02 Å². The van der Waals surface area contributed by atoms with Crippen LogP contribution in [0.4, 0.5) is 10.1 Å². The van der Waals surface area contributed by atoms with Gasteiger partial charge in [-0.3, -0.25) is 13.9 Å². The van der Waals surface area contributed by atoms with E-state index in [1.54, 1.807) is 31.2 Å². The highest BCUT2D eigenvalue weighted by molar-refractivity contribution is 7.92. The van der Waals surface area contributed by atoms with E-state index in [1.165, 1.54) is 23.1 Å². The van der Waals surface area contributed by atoms with Crippen LogP contribution in [0.5, 0.6) is 0 Å². The van der Waals surface area contributed by atoms with Gasteiger partial charge in [-0.05, 0) is 49.1 Å². The fourth-order valence-corrected chi connectivity index (χ4v) is 5.30. The number of para-hydroxylation sites is 1. The van der Waals surface area contributed by atoms with Gasteiger partial charge in [-0.2, -0.15) is 0 Å². The molecule has 0 spiro atoms. The van der Waals surface area contributed by atoms with Crippen molar-refractivity contribution in [3.05, 3.63) is 64.9 Å². The minimum Gasteiger partial charge on any atom is -0.352 e.